The lowest BCUT2D eigenvalue weighted by molar-refractivity contribution is -0.120. The van der Waals surface area contributed by atoms with Crippen LogP contribution in [0.2, 0.25) is 0 Å². The zero-order valence-electron chi connectivity index (χ0n) is 10.00. The molecule has 0 spiro atoms. The van der Waals surface area contributed by atoms with Gasteiger partial charge >= 0.3 is 0 Å². The summed E-state index contributed by atoms with van der Waals surface area (Å²) >= 11 is 6.57. The van der Waals surface area contributed by atoms with Crippen LogP contribution in [0, 0.1) is 0 Å². The molecule has 4 heteroatoms. The van der Waals surface area contributed by atoms with Crippen molar-refractivity contribution in [3.63, 3.8) is 0 Å². The van der Waals surface area contributed by atoms with Crippen molar-refractivity contribution in [3.05, 3.63) is 71.8 Å². The maximum absolute atomic E-state index is 12.5. The summed E-state index contributed by atoms with van der Waals surface area (Å²) in [6.07, 6.45) is 0. The van der Waals surface area contributed by atoms with Crippen molar-refractivity contribution >= 4 is 34.2 Å². The Labute approximate surface area is 121 Å². The van der Waals surface area contributed by atoms with E-state index >= 15 is 0 Å². The molecule has 2 aromatic carbocycles. The van der Waals surface area contributed by atoms with Crippen molar-refractivity contribution in [2.24, 2.45) is 0 Å². The van der Waals surface area contributed by atoms with Gasteiger partial charge in [-0.25, -0.2) is 0 Å². The number of nitrogens with one attached hydrogen (secondary N) is 1. The first-order chi connectivity index (χ1) is 9.23. The Hall–Kier alpha value is -1.65. The molecule has 0 bridgehead atoms. The third-order valence-corrected chi connectivity index (χ3v) is 4.74. The number of amides is 1. The largest absolute Gasteiger partial charge is 0.310 e. The smallest absolute Gasteiger partial charge is 0.251 e. The van der Waals surface area contributed by atoms with Crippen LogP contribution in [0.3, 0.4) is 0 Å². The molecule has 2 nitrogen and oxygen atoms in total. The predicted molar refractivity (Wildman–Crippen MR) is 82.0 cm³/mol. The standard InChI is InChI=1S/C15H11NOS2/c17-13-15(19-14(18)16-13,11-7-3-1-4-8-11)12-9-5-2-6-10-12/h1-10H,(H,16,17,18). The Bertz CT molecular complexity index is 586. The molecule has 0 aliphatic carbocycles. The molecule has 1 amide bonds. The van der Waals surface area contributed by atoms with Gasteiger partial charge in [-0.05, 0) is 11.1 Å². The number of hydrogen-bond acceptors (Lipinski definition) is 3. The minimum absolute atomic E-state index is 0.0695. The zero-order chi connectivity index (χ0) is 13.3. The molecular weight excluding hydrogens is 274 g/mol. The molecule has 0 radical (unpaired) electrons. The normalized spacial score (nSPS) is 17.3. The fraction of sp³-hybridized carbons (Fsp3) is 0.0667. The van der Waals surface area contributed by atoms with Gasteiger partial charge in [0.1, 0.15) is 4.32 Å². The van der Waals surface area contributed by atoms with Crippen LogP contribution >= 0.6 is 24.0 Å². The molecule has 94 valence electrons. The minimum atomic E-state index is -0.764. The van der Waals surface area contributed by atoms with Crippen LogP contribution in [0.1, 0.15) is 11.1 Å². The number of carbonyl (C=O) groups is 1. The lowest BCUT2D eigenvalue weighted by atomic mass is 9.89. The van der Waals surface area contributed by atoms with Gasteiger partial charge in [0.25, 0.3) is 5.91 Å². The summed E-state index contributed by atoms with van der Waals surface area (Å²) in [4.78, 5) is 12.5. The SMILES string of the molecule is O=C1NC(=S)SC1(c1ccccc1)c1ccccc1. The van der Waals surface area contributed by atoms with Gasteiger partial charge in [-0.1, -0.05) is 84.6 Å². The summed E-state index contributed by atoms with van der Waals surface area (Å²) in [5.41, 5.74) is 1.90. The molecule has 2 aromatic rings. The minimum Gasteiger partial charge on any atom is -0.310 e. The van der Waals surface area contributed by atoms with E-state index in [4.69, 9.17) is 12.2 Å². The highest BCUT2D eigenvalue weighted by molar-refractivity contribution is 8.24. The summed E-state index contributed by atoms with van der Waals surface area (Å²) < 4.78 is -0.239. The van der Waals surface area contributed by atoms with Gasteiger partial charge in [-0.2, -0.15) is 0 Å². The third kappa shape index (κ3) is 1.97. The fourth-order valence-corrected chi connectivity index (χ4v) is 3.83. The first-order valence-corrected chi connectivity index (χ1v) is 7.11. The van der Waals surface area contributed by atoms with Gasteiger partial charge in [0.2, 0.25) is 0 Å². The number of thioether (sulfide) groups is 1. The summed E-state index contributed by atoms with van der Waals surface area (Å²) in [6, 6.07) is 19.5. The van der Waals surface area contributed by atoms with Crippen molar-refractivity contribution in [1.82, 2.24) is 5.32 Å². The average Bonchev–Trinajstić information content (AvgIpc) is 2.76. The highest BCUT2D eigenvalue weighted by atomic mass is 32.2. The van der Waals surface area contributed by atoms with Crippen molar-refractivity contribution in [2.75, 3.05) is 0 Å². The van der Waals surface area contributed by atoms with Gasteiger partial charge in [-0.3, -0.25) is 4.79 Å². The molecule has 1 fully saturated rings. The number of carbonyl (C=O) groups excluding carboxylic acids is 1. The summed E-state index contributed by atoms with van der Waals surface area (Å²) in [5.74, 6) is -0.0695. The van der Waals surface area contributed by atoms with Gasteiger partial charge < -0.3 is 5.32 Å². The molecule has 1 aliphatic heterocycles. The fourth-order valence-electron chi connectivity index (χ4n) is 2.28. The molecule has 1 saturated heterocycles. The van der Waals surface area contributed by atoms with E-state index in [2.05, 4.69) is 5.32 Å². The lowest BCUT2D eigenvalue weighted by Gasteiger charge is -2.25. The van der Waals surface area contributed by atoms with E-state index in [0.717, 1.165) is 11.1 Å². The van der Waals surface area contributed by atoms with Gasteiger partial charge in [0, 0.05) is 0 Å². The van der Waals surface area contributed by atoms with Gasteiger partial charge in [0.05, 0.1) is 0 Å². The Kier molecular flexibility index (Phi) is 3.12. The molecule has 1 N–H and O–H groups in total. The Morgan fingerprint density at radius 1 is 0.895 bits per heavy atom. The third-order valence-electron chi connectivity index (χ3n) is 3.14. The molecule has 0 saturated carbocycles. The van der Waals surface area contributed by atoms with Crippen LogP contribution in [0.15, 0.2) is 60.7 Å². The molecule has 19 heavy (non-hydrogen) atoms. The van der Waals surface area contributed by atoms with Crippen LogP contribution in [-0.4, -0.2) is 10.2 Å². The lowest BCUT2D eigenvalue weighted by Crippen LogP contribution is -2.35. The van der Waals surface area contributed by atoms with Crippen molar-refractivity contribution in [2.45, 2.75) is 4.75 Å². The molecule has 1 heterocycles. The summed E-state index contributed by atoms with van der Waals surface area (Å²) in [5, 5.41) is 2.76. The highest BCUT2D eigenvalue weighted by Gasteiger charge is 2.48. The average molecular weight is 285 g/mol. The molecule has 0 atom stereocenters. The van der Waals surface area contributed by atoms with Gasteiger partial charge in [0.15, 0.2) is 4.75 Å². The molecular formula is C15H11NOS2. The predicted octanol–water partition coefficient (Wildman–Crippen LogP) is 3.08. The second kappa shape index (κ2) is 4.79. The Morgan fingerprint density at radius 2 is 1.37 bits per heavy atom. The Morgan fingerprint density at radius 3 is 1.74 bits per heavy atom. The van der Waals surface area contributed by atoms with E-state index in [9.17, 15) is 4.79 Å². The van der Waals surface area contributed by atoms with Crippen LogP contribution < -0.4 is 5.32 Å². The second-order valence-corrected chi connectivity index (χ2v) is 6.15. The van der Waals surface area contributed by atoms with E-state index < -0.39 is 4.75 Å². The van der Waals surface area contributed by atoms with E-state index in [-0.39, 0.29) is 5.91 Å². The van der Waals surface area contributed by atoms with Crippen LogP contribution in [-0.2, 0) is 9.54 Å². The highest BCUT2D eigenvalue weighted by Crippen LogP contribution is 2.46. The quantitative estimate of drug-likeness (QED) is 0.860. The number of benzene rings is 2. The molecule has 3 rings (SSSR count). The zero-order valence-corrected chi connectivity index (χ0v) is 11.6. The van der Waals surface area contributed by atoms with Crippen LogP contribution in [0.25, 0.3) is 0 Å². The topological polar surface area (TPSA) is 29.1 Å². The second-order valence-electron chi connectivity index (χ2n) is 4.26. The van der Waals surface area contributed by atoms with E-state index in [1.807, 2.05) is 60.7 Å². The van der Waals surface area contributed by atoms with E-state index in [1.165, 1.54) is 11.8 Å². The first-order valence-electron chi connectivity index (χ1n) is 5.89. The number of hydrogen-bond donors (Lipinski definition) is 1. The van der Waals surface area contributed by atoms with Crippen molar-refractivity contribution < 1.29 is 4.79 Å². The van der Waals surface area contributed by atoms with Crippen LogP contribution in [0.4, 0.5) is 0 Å². The summed E-state index contributed by atoms with van der Waals surface area (Å²) in [6.45, 7) is 0. The van der Waals surface area contributed by atoms with Gasteiger partial charge in [-0.15, -0.1) is 0 Å². The van der Waals surface area contributed by atoms with E-state index in [0.29, 0.717) is 4.32 Å². The maximum Gasteiger partial charge on any atom is 0.251 e. The first kappa shape index (κ1) is 12.4. The van der Waals surface area contributed by atoms with Crippen molar-refractivity contribution in [3.8, 4) is 0 Å². The van der Waals surface area contributed by atoms with Crippen LogP contribution in [0.5, 0.6) is 0 Å². The monoisotopic (exact) mass is 285 g/mol. The number of thiocarbonyl (C=S) groups is 1. The summed E-state index contributed by atoms with van der Waals surface area (Å²) in [7, 11) is 0. The maximum atomic E-state index is 12.5. The molecule has 0 aromatic heterocycles. The molecule has 0 unspecified atom stereocenters. The Balaban J connectivity index is 2.23. The van der Waals surface area contributed by atoms with Crippen molar-refractivity contribution in [1.29, 1.82) is 0 Å². The van der Waals surface area contributed by atoms with E-state index in [1.54, 1.807) is 0 Å². The molecule has 1 aliphatic rings. The number of rotatable bonds is 2.